The molecule has 1 aliphatic rings. The highest BCUT2D eigenvalue weighted by atomic mass is 35.5. The lowest BCUT2D eigenvalue weighted by molar-refractivity contribution is 0.0930. The number of anilines is 1. The Morgan fingerprint density at radius 1 is 1.06 bits per heavy atom. The fourth-order valence-corrected chi connectivity index (χ4v) is 4.57. The van der Waals surface area contributed by atoms with Crippen molar-refractivity contribution >= 4 is 44.9 Å². The molecule has 0 unspecified atom stereocenters. The molecule has 0 spiro atoms. The number of nitrogens with one attached hydrogen (secondary N) is 1. The van der Waals surface area contributed by atoms with Crippen LogP contribution in [0, 0.1) is 0 Å². The van der Waals surface area contributed by atoms with Crippen molar-refractivity contribution in [2.24, 2.45) is 16.5 Å². The predicted molar refractivity (Wildman–Crippen MR) is 124 cm³/mol. The SMILES string of the molecule is CS(=O)(=O)c1cc(C(=O)N=C(N)N)ccc1N1CCC(NC(=O)c2ccc(Cl)cc2)CC1. The van der Waals surface area contributed by atoms with E-state index in [9.17, 15) is 18.0 Å². The lowest BCUT2D eigenvalue weighted by atomic mass is 10.0. The van der Waals surface area contributed by atoms with Crippen LogP contribution in [0.3, 0.4) is 0 Å². The molecular weight excluding hydrogens is 454 g/mol. The molecular formula is C21H24ClN5O4S. The molecule has 0 aliphatic carbocycles. The van der Waals surface area contributed by atoms with Crippen LogP contribution in [0.25, 0.3) is 0 Å². The maximum absolute atomic E-state index is 12.4. The molecule has 32 heavy (non-hydrogen) atoms. The van der Waals surface area contributed by atoms with Crippen molar-refractivity contribution in [1.29, 1.82) is 0 Å². The lowest BCUT2D eigenvalue weighted by Crippen LogP contribution is -2.45. The van der Waals surface area contributed by atoms with Crippen LogP contribution in [0.15, 0.2) is 52.4 Å². The van der Waals surface area contributed by atoms with Crippen molar-refractivity contribution in [3.05, 3.63) is 58.6 Å². The number of carbonyl (C=O) groups is 2. The summed E-state index contributed by atoms with van der Waals surface area (Å²) in [5.74, 6) is -1.30. The van der Waals surface area contributed by atoms with Crippen LogP contribution in [0.1, 0.15) is 33.6 Å². The average molecular weight is 478 g/mol. The molecule has 2 amide bonds. The summed E-state index contributed by atoms with van der Waals surface area (Å²) in [7, 11) is -3.62. The Kier molecular flexibility index (Phi) is 7.05. The summed E-state index contributed by atoms with van der Waals surface area (Å²) in [4.78, 5) is 29.9. The first kappa shape index (κ1) is 23.6. The number of amides is 2. The van der Waals surface area contributed by atoms with E-state index < -0.39 is 21.7 Å². The Morgan fingerprint density at radius 2 is 1.66 bits per heavy atom. The van der Waals surface area contributed by atoms with E-state index in [1.165, 1.54) is 12.1 Å². The van der Waals surface area contributed by atoms with Gasteiger partial charge in [-0.3, -0.25) is 9.59 Å². The van der Waals surface area contributed by atoms with Gasteiger partial charge < -0.3 is 21.7 Å². The van der Waals surface area contributed by atoms with Crippen LogP contribution < -0.4 is 21.7 Å². The van der Waals surface area contributed by atoms with Crippen LogP contribution in [0.2, 0.25) is 5.02 Å². The van der Waals surface area contributed by atoms with Crippen LogP contribution in [0.5, 0.6) is 0 Å². The van der Waals surface area contributed by atoms with Gasteiger partial charge in [0.25, 0.3) is 11.8 Å². The van der Waals surface area contributed by atoms with Crippen LogP contribution in [-0.4, -0.2) is 51.6 Å². The Morgan fingerprint density at radius 3 is 2.22 bits per heavy atom. The third kappa shape index (κ3) is 5.77. The van der Waals surface area contributed by atoms with Gasteiger partial charge in [0.15, 0.2) is 15.8 Å². The summed E-state index contributed by atoms with van der Waals surface area (Å²) in [6, 6.07) is 11.0. The van der Waals surface area contributed by atoms with Crippen molar-refractivity contribution in [3.63, 3.8) is 0 Å². The monoisotopic (exact) mass is 477 g/mol. The molecule has 11 heteroatoms. The van der Waals surface area contributed by atoms with Gasteiger partial charge in [-0.2, -0.15) is 4.99 Å². The molecule has 2 aromatic rings. The van der Waals surface area contributed by atoms with Gasteiger partial charge in [-0.25, -0.2) is 8.42 Å². The summed E-state index contributed by atoms with van der Waals surface area (Å²) in [5, 5.41) is 3.56. The number of aliphatic imine (C=N–C) groups is 1. The van der Waals surface area contributed by atoms with Crippen molar-refractivity contribution in [2.45, 2.75) is 23.8 Å². The standard InChI is InChI=1S/C21H24ClN5O4S/c1-32(30,31)18-12-14(20(29)26-21(23)24)4-7-17(18)27-10-8-16(9-11-27)25-19(28)13-2-5-15(22)6-3-13/h2-7,12,16H,8-11H2,1H3,(H,25,28)(H4,23,24,26,29). The summed E-state index contributed by atoms with van der Waals surface area (Å²) < 4.78 is 24.8. The number of nitrogens with zero attached hydrogens (tertiary/aromatic N) is 2. The van der Waals surface area contributed by atoms with E-state index in [1.54, 1.807) is 30.3 Å². The van der Waals surface area contributed by atoms with Crippen molar-refractivity contribution < 1.29 is 18.0 Å². The fraction of sp³-hybridized carbons (Fsp3) is 0.286. The van der Waals surface area contributed by atoms with Crippen molar-refractivity contribution in [3.8, 4) is 0 Å². The fourth-order valence-electron chi connectivity index (χ4n) is 3.52. The number of carbonyl (C=O) groups excluding carboxylic acids is 2. The number of nitrogens with two attached hydrogens (primary N) is 2. The smallest absolute Gasteiger partial charge is 0.280 e. The summed E-state index contributed by atoms with van der Waals surface area (Å²) in [5.41, 5.74) is 11.6. The minimum absolute atomic E-state index is 0.0257. The molecule has 0 aromatic heterocycles. The molecule has 0 saturated carbocycles. The average Bonchev–Trinajstić information content (AvgIpc) is 2.73. The van der Waals surface area contributed by atoms with Gasteiger partial charge >= 0.3 is 0 Å². The minimum atomic E-state index is -3.62. The van der Waals surface area contributed by atoms with E-state index in [4.69, 9.17) is 23.1 Å². The van der Waals surface area contributed by atoms with Gasteiger partial charge in [0.05, 0.1) is 10.6 Å². The van der Waals surface area contributed by atoms with Gasteiger partial charge in [-0.05, 0) is 55.3 Å². The zero-order chi connectivity index (χ0) is 23.5. The van der Waals surface area contributed by atoms with Gasteiger partial charge in [0.1, 0.15) is 0 Å². The number of sulfone groups is 1. The Balaban J connectivity index is 1.73. The molecule has 3 rings (SSSR count). The van der Waals surface area contributed by atoms with Gasteiger partial charge in [-0.15, -0.1) is 0 Å². The summed E-state index contributed by atoms with van der Waals surface area (Å²) in [6.07, 6.45) is 2.36. The maximum Gasteiger partial charge on any atom is 0.280 e. The first-order chi connectivity index (χ1) is 15.0. The molecule has 0 radical (unpaired) electrons. The highest BCUT2D eigenvalue weighted by Gasteiger charge is 2.26. The normalized spacial score (nSPS) is 14.6. The zero-order valence-electron chi connectivity index (χ0n) is 17.4. The topological polar surface area (TPSA) is 148 Å². The number of hydrogen-bond acceptors (Lipinski definition) is 5. The maximum atomic E-state index is 12.4. The number of guanidine groups is 1. The molecule has 5 N–H and O–H groups in total. The molecule has 2 aromatic carbocycles. The highest BCUT2D eigenvalue weighted by Crippen LogP contribution is 2.29. The van der Waals surface area contributed by atoms with Gasteiger partial charge in [0.2, 0.25) is 0 Å². The van der Waals surface area contributed by atoms with Crippen LogP contribution in [0.4, 0.5) is 5.69 Å². The Bertz CT molecular complexity index is 1150. The van der Waals surface area contributed by atoms with E-state index >= 15 is 0 Å². The molecule has 1 saturated heterocycles. The van der Waals surface area contributed by atoms with E-state index in [0.717, 1.165) is 6.26 Å². The Labute approximate surface area is 191 Å². The first-order valence-corrected chi connectivity index (χ1v) is 12.1. The molecule has 170 valence electrons. The number of benzene rings is 2. The number of rotatable bonds is 5. The number of halogens is 1. The van der Waals surface area contributed by atoms with Crippen LogP contribution >= 0.6 is 11.6 Å². The van der Waals surface area contributed by atoms with Crippen molar-refractivity contribution in [2.75, 3.05) is 24.2 Å². The first-order valence-electron chi connectivity index (χ1n) is 9.84. The molecule has 1 heterocycles. The van der Waals surface area contributed by atoms with Crippen LogP contribution in [-0.2, 0) is 9.84 Å². The molecule has 0 bridgehead atoms. The molecule has 1 fully saturated rings. The zero-order valence-corrected chi connectivity index (χ0v) is 19.0. The highest BCUT2D eigenvalue weighted by molar-refractivity contribution is 7.90. The molecule has 1 aliphatic heterocycles. The second-order valence-electron chi connectivity index (χ2n) is 7.54. The molecule has 0 atom stereocenters. The summed E-state index contributed by atoms with van der Waals surface area (Å²) in [6.45, 7) is 1.07. The van der Waals surface area contributed by atoms with E-state index in [-0.39, 0.29) is 22.4 Å². The van der Waals surface area contributed by atoms with Gasteiger partial charge in [0, 0.05) is 41.5 Å². The van der Waals surface area contributed by atoms with E-state index in [1.807, 2.05) is 4.90 Å². The third-order valence-electron chi connectivity index (χ3n) is 5.11. The second kappa shape index (κ2) is 9.58. The predicted octanol–water partition coefficient (Wildman–Crippen LogP) is 1.56. The lowest BCUT2D eigenvalue weighted by Gasteiger charge is -2.35. The van der Waals surface area contributed by atoms with Crippen molar-refractivity contribution in [1.82, 2.24) is 5.32 Å². The van der Waals surface area contributed by atoms with E-state index in [2.05, 4.69) is 10.3 Å². The number of hydrogen-bond donors (Lipinski definition) is 3. The third-order valence-corrected chi connectivity index (χ3v) is 6.49. The largest absolute Gasteiger partial charge is 0.370 e. The Hall–Kier alpha value is -3.11. The number of piperidine rings is 1. The summed E-state index contributed by atoms with van der Waals surface area (Å²) >= 11 is 5.86. The van der Waals surface area contributed by atoms with Gasteiger partial charge in [-0.1, -0.05) is 11.6 Å². The quantitative estimate of drug-likeness (QED) is 0.437. The minimum Gasteiger partial charge on any atom is -0.370 e. The molecule has 9 nitrogen and oxygen atoms in total. The second-order valence-corrected chi connectivity index (χ2v) is 9.96. The van der Waals surface area contributed by atoms with E-state index in [0.29, 0.717) is 42.2 Å².